The summed E-state index contributed by atoms with van der Waals surface area (Å²) in [6.07, 6.45) is -0.674. The number of carboxylic acids is 1. The minimum absolute atomic E-state index is 0.145. The number of ether oxygens (including phenoxy) is 2. The van der Waals surface area contributed by atoms with E-state index in [0.29, 0.717) is 30.0 Å². The third-order valence-corrected chi connectivity index (χ3v) is 4.85. The highest BCUT2D eigenvalue weighted by Crippen LogP contribution is 2.29. The van der Waals surface area contributed by atoms with Crippen molar-refractivity contribution in [3.05, 3.63) is 65.9 Å². The van der Waals surface area contributed by atoms with Gasteiger partial charge < -0.3 is 23.9 Å². The molecule has 1 saturated heterocycles. The number of fused-ring (bicyclic) bond motifs is 1. The van der Waals surface area contributed by atoms with Crippen LogP contribution in [0.3, 0.4) is 0 Å². The van der Waals surface area contributed by atoms with Crippen molar-refractivity contribution < 1.29 is 28.6 Å². The van der Waals surface area contributed by atoms with Crippen LogP contribution in [-0.2, 0) is 16.1 Å². The number of hydrogen-bond acceptors (Lipinski definition) is 5. The SMILES string of the molecule is O=C(O)CC1CN(C(=O)c2oc3ccccc3c2COc2ccccc2)CCO1. The summed E-state index contributed by atoms with van der Waals surface area (Å²) in [5.41, 5.74) is 1.29. The van der Waals surface area contributed by atoms with Gasteiger partial charge in [-0.2, -0.15) is 0 Å². The van der Waals surface area contributed by atoms with Gasteiger partial charge in [0.05, 0.1) is 19.1 Å². The molecule has 0 saturated carbocycles. The fourth-order valence-electron chi connectivity index (χ4n) is 3.45. The van der Waals surface area contributed by atoms with Crippen LogP contribution in [0.25, 0.3) is 11.0 Å². The number of carbonyl (C=O) groups is 2. The first-order valence-electron chi connectivity index (χ1n) is 9.42. The molecule has 150 valence electrons. The molecule has 7 nitrogen and oxygen atoms in total. The van der Waals surface area contributed by atoms with E-state index in [2.05, 4.69) is 0 Å². The lowest BCUT2D eigenvalue weighted by molar-refractivity contribution is -0.141. The number of morpholine rings is 1. The lowest BCUT2D eigenvalue weighted by Gasteiger charge is -2.31. The maximum atomic E-state index is 13.2. The van der Waals surface area contributed by atoms with Crippen molar-refractivity contribution in [2.45, 2.75) is 19.1 Å². The molecule has 0 radical (unpaired) electrons. The van der Waals surface area contributed by atoms with Crippen LogP contribution in [0.1, 0.15) is 22.5 Å². The van der Waals surface area contributed by atoms with E-state index >= 15 is 0 Å². The van der Waals surface area contributed by atoms with E-state index in [1.807, 2.05) is 54.6 Å². The predicted octanol–water partition coefficient (Wildman–Crippen LogP) is 3.33. The number of carboxylic acid groups (broad SMARTS) is 1. The summed E-state index contributed by atoms with van der Waals surface area (Å²) in [4.78, 5) is 25.8. The molecule has 3 aromatic rings. The van der Waals surface area contributed by atoms with Gasteiger partial charge in [-0.05, 0) is 18.2 Å². The van der Waals surface area contributed by atoms with Crippen LogP contribution in [0.4, 0.5) is 0 Å². The van der Waals surface area contributed by atoms with Gasteiger partial charge in [0, 0.05) is 24.0 Å². The minimum Gasteiger partial charge on any atom is -0.489 e. The van der Waals surface area contributed by atoms with Gasteiger partial charge in [-0.15, -0.1) is 0 Å². The molecule has 0 bridgehead atoms. The number of furan rings is 1. The van der Waals surface area contributed by atoms with Crippen molar-refractivity contribution in [3.8, 4) is 5.75 Å². The number of aliphatic carboxylic acids is 1. The molecule has 7 heteroatoms. The molecule has 2 heterocycles. The number of para-hydroxylation sites is 2. The normalized spacial score (nSPS) is 16.7. The minimum atomic E-state index is -0.954. The molecule has 1 unspecified atom stereocenters. The Bertz CT molecular complexity index is 1010. The zero-order valence-corrected chi connectivity index (χ0v) is 15.7. The van der Waals surface area contributed by atoms with E-state index in [-0.39, 0.29) is 31.2 Å². The van der Waals surface area contributed by atoms with Crippen molar-refractivity contribution in [1.29, 1.82) is 0 Å². The maximum absolute atomic E-state index is 13.2. The topological polar surface area (TPSA) is 89.2 Å². The quantitative estimate of drug-likeness (QED) is 0.689. The first-order chi connectivity index (χ1) is 14.1. The average molecular weight is 395 g/mol. The Balaban J connectivity index is 1.60. The molecule has 2 aromatic carbocycles. The number of amides is 1. The summed E-state index contributed by atoms with van der Waals surface area (Å²) in [7, 11) is 0. The molecule has 29 heavy (non-hydrogen) atoms. The van der Waals surface area contributed by atoms with E-state index < -0.39 is 12.1 Å². The Morgan fingerprint density at radius 3 is 2.66 bits per heavy atom. The highest BCUT2D eigenvalue weighted by molar-refractivity contribution is 5.99. The van der Waals surface area contributed by atoms with Crippen LogP contribution >= 0.6 is 0 Å². The Morgan fingerprint density at radius 1 is 1.10 bits per heavy atom. The molecule has 1 aromatic heterocycles. The monoisotopic (exact) mass is 395 g/mol. The zero-order chi connectivity index (χ0) is 20.2. The lowest BCUT2D eigenvalue weighted by atomic mass is 10.1. The molecular formula is C22H21NO6. The summed E-state index contributed by atoms with van der Waals surface area (Å²) in [6.45, 7) is 1.07. The molecule has 1 aliphatic rings. The van der Waals surface area contributed by atoms with Gasteiger partial charge >= 0.3 is 5.97 Å². The Kier molecular flexibility index (Phi) is 5.48. The van der Waals surface area contributed by atoms with Gasteiger partial charge in [-0.25, -0.2) is 0 Å². The first-order valence-corrected chi connectivity index (χ1v) is 9.42. The fourth-order valence-corrected chi connectivity index (χ4v) is 3.45. The highest BCUT2D eigenvalue weighted by atomic mass is 16.5. The van der Waals surface area contributed by atoms with Crippen LogP contribution in [0.5, 0.6) is 5.75 Å². The maximum Gasteiger partial charge on any atom is 0.306 e. The molecule has 0 spiro atoms. The number of carbonyl (C=O) groups excluding carboxylic acids is 1. The van der Waals surface area contributed by atoms with Crippen molar-refractivity contribution in [2.75, 3.05) is 19.7 Å². The second-order valence-corrected chi connectivity index (χ2v) is 6.85. The Labute approximate surface area is 167 Å². The highest BCUT2D eigenvalue weighted by Gasteiger charge is 2.30. The molecule has 1 N–H and O–H groups in total. The van der Waals surface area contributed by atoms with Crippen LogP contribution in [0, 0.1) is 0 Å². The standard InChI is InChI=1S/C22H21NO6/c24-20(25)12-16-13-23(10-11-27-16)22(26)21-18(14-28-15-6-2-1-3-7-15)17-8-4-5-9-19(17)29-21/h1-9,16H,10-14H2,(H,24,25). The average Bonchev–Trinajstić information content (AvgIpc) is 3.11. The largest absolute Gasteiger partial charge is 0.489 e. The van der Waals surface area contributed by atoms with E-state index in [0.717, 1.165) is 5.39 Å². The summed E-state index contributed by atoms with van der Waals surface area (Å²) in [6, 6.07) is 16.8. The lowest BCUT2D eigenvalue weighted by Crippen LogP contribution is -2.46. The summed E-state index contributed by atoms with van der Waals surface area (Å²) in [5.74, 6) is -0.321. The third-order valence-electron chi connectivity index (χ3n) is 4.85. The molecular weight excluding hydrogens is 374 g/mol. The van der Waals surface area contributed by atoms with Gasteiger partial charge in [-0.1, -0.05) is 36.4 Å². The first kappa shape index (κ1) is 19.0. The molecule has 1 aliphatic heterocycles. The number of hydrogen-bond donors (Lipinski definition) is 1. The van der Waals surface area contributed by atoms with Crippen molar-refractivity contribution in [2.24, 2.45) is 0 Å². The van der Waals surface area contributed by atoms with Gasteiger partial charge in [0.1, 0.15) is 17.9 Å². The van der Waals surface area contributed by atoms with Gasteiger partial charge in [-0.3, -0.25) is 9.59 Å². The van der Waals surface area contributed by atoms with Gasteiger partial charge in [0.2, 0.25) is 0 Å². The molecule has 1 atom stereocenters. The van der Waals surface area contributed by atoms with Crippen LogP contribution < -0.4 is 4.74 Å². The second-order valence-electron chi connectivity index (χ2n) is 6.85. The van der Waals surface area contributed by atoms with Gasteiger partial charge in [0.15, 0.2) is 5.76 Å². The molecule has 4 rings (SSSR count). The van der Waals surface area contributed by atoms with Crippen molar-refractivity contribution in [1.82, 2.24) is 4.90 Å². The van der Waals surface area contributed by atoms with E-state index in [9.17, 15) is 9.59 Å². The smallest absolute Gasteiger partial charge is 0.306 e. The van der Waals surface area contributed by atoms with Crippen molar-refractivity contribution in [3.63, 3.8) is 0 Å². The number of benzene rings is 2. The van der Waals surface area contributed by atoms with Crippen molar-refractivity contribution >= 4 is 22.8 Å². The second kappa shape index (κ2) is 8.36. The molecule has 1 amide bonds. The van der Waals surface area contributed by atoms with Crippen LogP contribution in [-0.4, -0.2) is 47.7 Å². The van der Waals surface area contributed by atoms with Crippen LogP contribution in [0.15, 0.2) is 59.0 Å². The molecule has 0 aliphatic carbocycles. The number of nitrogens with zero attached hydrogens (tertiary/aromatic N) is 1. The Morgan fingerprint density at radius 2 is 1.86 bits per heavy atom. The zero-order valence-electron chi connectivity index (χ0n) is 15.7. The van der Waals surface area contributed by atoms with E-state index in [4.69, 9.17) is 19.0 Å². The summed E-state index contributed by atoms with van der Waals surface area (Å²) in [5, 5.41) is 9.83. The van der Waals surface area contributed by atoms with Crippen LogP contribution in [0.2, 0.25) is 0 Å². The van der Waals surface area contributed by atoms with Gasteiger partial charge in [0.25, 0.3) is 5.91 Å². The summed E-state index contributed by atoms with van der Waals surface area (Å²) < 4.78 is 17.2. The molecule has 1 fully saturated rings. The predicted molar refractivity (Wildman–Crippen MR) is 105 cm³/mol. The van der Waals surface area contributed by atoms with E-state index in [1.165, 1.54) is 0 Å². The summed E-state index contributed by atoms with van der Waals surface area (Å²) >= 11 is 0. The fraction of sp³-hybridized carbons (Fsp3) is 0.273. The Hall–Kier alpha value is -3.32. The van der Waals surface area contributed by atoms with E-state index in [1.54, 1.807) is 4.90 Å². The number of rotatable bonds is 6. The third kappa shape index (κ3) is 4.25.